The fourth-order valence-electron chi connectivity index (χ4n) is 3.75. The number of hydrogen-bond donors (Lipinski definition) is 0. The number of nitrogens with zero attached hydrogens (tertiary/aromatic N) is 6. The number of aromatic nitrogens is 4. The maximum absolute atomic E-state index is 9.13. The highest BCUT2D eigenvalue weighted by atomic mass is 15.6. The van der Waals surface area contributed by atoms with E-state index < -0.39 is 0 Å². The SMILES string of the molecule is CCN(c1ccc(C#N)c(C)c1)C1CCCC(c2nnn(C)n2)C1. The fourth-order valence-corrected chi connectivity index (χ4v) is 3.75. The molecule has 3 rings (SSSR count). The summed E-state index contributed by atoms with van der Waals surface area (Å²) in [7, 11) is 1.81. The van der Waals surface area contributed by atoms with Gasteiger partial charge in [0, 0.05) is 24.2 Å². The topological polar surface area (TPSA) is 70.6 Å². The first-order valence-corrected chi connectivity index (χ1v) is 8.63. The molecule has 24 heavy (non-hydrogen) atoms. The van der Waals surface area contributed by atoms with Crippen molar-refractivity contribution in [2.75, 3.05) is 11.4 Å². The second-order valence-electron chi connectivity index (χ2n) is 6.55. The molecule has 6 heteroatoms. The molecule has 2 unspecified atom stereocenters. The van der Waals surface area contributed by atoms with Gasteiger partial charge in [-0.15, -0.1) is 10.2 Å². The highest BCUT2D eigenvalue weighted by molar-refractivity contribution is 5.54. The highest BCUT2D eigenvalue weighted by Crippen LogP contribution is 2.35. The van der Waals surface area contributed by atoms with Crippen LogP contribution in [0.25, 0.3) is 0 Å². The van der Waals surface area contributed by atoms with Crippen LogP contribution in [0.1, 0.15) is 55.5 Å². The smallest absolute Gasteiger partial charge is 0.177 e. The largest absolute Gasteiger partial charge is 0.369 e. The van der Waals surface area contributed by atoms with E-state index in [4.69, 9.17) is 5.26 Å². The van der Waals surface area contributed by atoms with Crippen molar-refractivity contribution in [1.82, 2.24) is 20.2 Å². The van der Waals surface area contributed by atoms with Crippen LogP contribution in [0.4, 0.5) is 5.69 Å². The summed E-state index contributed by atoms with van der Waals surface area (Å²) < 4.78 is 0. The summed E-state index contributed by atoms with van der Waals surface area (Å²) in [6.45, 7) is 5.15. The van der Waals surface area contributed by atoms with Crippen molar-refractivity contribution in [2.24, 2.45) is 7.05 Å². The zero-order valence-electron chi connectivity index (χ0n) is 14.6. The third kappa shape index (κ3) is 3.25. The third-order valence-electron chi connectivity index (χ3n) is 4.98. The Morgan fingerprint density at radius 2 is 2.21 bits per heavy atom. The Morgan fingerprint density at radius 1 is 1.38 bits per heavy atom. The van der Waals surface area contributed by atoms with Crippen LogP contribution in [-0.4, -0.2) is 32.8 Å². The van der Waals surface area contributed by atoms with Gasteiger partial charge in [0.15, 0.2) is 5.82 Å². The van der Waals surface area contributed by atoms with Gasteiger partial charge in [-0.05, 0) is 62.1 Å². The van der Waals surface area contributed by atoms with Crippen LogP contribution in [-0.2, 0) is 7.05 Å². The van der Waals surface area contributed by atoms with Crippen LogP contribution in [0.5, 0.6) is 0 Å². The van der Waals surface area contributed by atoms with Gasteiger partial charge in [-0.2, -0.15) is 10.1 Å². The lowest BCUT2D eigenvalue weighted by Gasteiger charge is -2.38. The molecule has 0 N–H and O–H groups in total. The Morgan fingerprint density at radius 3 is 2.83 bits per heavy atom. The molecule has 1 fully saturated rings. The van der Waals surface area contributed by atoms with E-state index in [1.165, 1.54) is 18.5 Å². The van der Waals surface area contributed by atoms with Gasteiger partial charge in [0.25, 0.3) is 0 Å². The number of aryl methyl sites for hydroxylation is 2. The zero-order chi connectivity index (χ0) is 17.1. The molecule has 2 atom stereocenters. The second kappa shape index (κ2) is 7.00. The molecule has 1 aromatic carbocycles. The summed E-state index contributed by atoms with van der Waals surface area (Å²) in [4.78, 5) is 4.00. The Balaban J connectivity index is 1.80. The average molecular weight is 324 g/mol. The number of nitriles is 1. The molecule has 2 aromatic rings. The van der Waals surface area contributed by atoms with E-state index in [9.17, 15) is 0 Å². The van der Waals surface area contributed by atoms with Gasteiger partial charge in [0.2, 0.25) is 0 Å². The van der Waals surface area contributed by atoms with Crippen LogP contribution >= 0.6 is 0 Å². The molecule has 6 nitrogen and oxygen atoms in total. The molecular formula is C18H24N6. The Kier molecular flexibility index (Phi) is 4.79. The minimum atomic E-state index is 0.381. The number of rotatable bonds is 4. The lowest BCUT2D eigenvalue weighted by atomic mass is 9.84. The van der Waals surface area contributed by atoms with Gasteiger partial charge in [0.05, 0.1) is 18.7 Å². The predicted octanol–water partition coefficient (Wildman–Crippen LogP) is 2.94. The Hall–Kier alpha value is -2.42. The van der Waals surface area contributed by atoms with Crippen molar-refractivity contribution < 1.29 is 0 Å². The van der Waals surface area contributed by atoms with Crippen LogP contribution in [0.3, 0.4) is 0 Å². The summed E-state index contributed by atoms with van der Waals surface area (Å²) in [5.41, 5.74) is 2.99. The second-order valence-corrected chi connectivity index (χ2v) is 6.55. The standard InChI is InChI=1S/C18H24N6/c1-4-24(17-9-8-15(12-19)13(2)10-17)16-7-5-6-14(11-16)18-20-22-23(3)21-18/h8-10,14,16H,4-7,11H2,1-3H3. The molecule has 0 radical (unpaired) electrons. The van der Waals surface area contributed by atoms with E-state index >= 15 is 0 Å². The highest BCUT2D eigenvalue weighted by Gasteiger charge is 2.29. The van der Waals surface area contributed by atoms with Gasteiger partial charge in [0.1, 0.15) is 0 Å². The van der Waals surface area contributed by atoms with Gasteiger partial charge in [-0.1, -0.05) is 6.42 Å². The Bertz CT molecular complexity index is 744. The number of anilines is 1. The van der Waals surface area contributed by atoms with E-state index in [0.717, 1.165) is 36.3 Å². The average Bonchev–Trinajstić information content (AvgIpc) is 3.03. The zero-order valence-corrected chi connectivity index (χ0v) is 14.6. The summed E-state index contributed by atoms with van der Waals surface area (Å²) in [5, 5.41) is 21.7. The van der Waals surface area contributed by atoms with Gasteiger partial charge in [-0.25, -0.2) is 0 Å². The van der Waals surface area contributed by atoms with Crippen molar-refractivity contribution >= 4 is 5.69 Å². The number of benzene rings is 1. The minimum Gasteiger partial charge on any atom is -0.369 e. The molecule has 0 spiro atoms. The fraction of sp³-hybridized carbons (Fsp3) is 0.556. The van der Waals surface area contributed by atoms with Gasteiger partial charge in [-0.3, -0.25) is 0 Å². The monoisotopic (exact) mass is 324 g/mol. The molecule has 0 bridgehead atoms. The number of hydrogen-bond acceptors (Lipinski definition) is 5. The maximum Gasteiger partial charge on any atom is 0.177 e. The summed E-state index contributed by atoms with van der Waals surface area (Å²) in [6, 6.07) is 8.85. The van der Waals surface area contributed by atoms with Crippen molar-refractivity contribution in [3.05, 3.63) is 35.2 Å². The molecular weight excluding hydrogens is 300 g/mol. The quantitative estimate of drug-likeness (QED) is 0.864. The summed E-state index contributed by atoms with van der Waals surface area (Å²) >= 11 is 0. The van der Waals surface area contributed by atoms with E-state index in [1.807, 2.05) is 20.0 Å². The van der Waals surface area contributed by atoms with E-state index in [0.29, 0.717) is 12.0 Å². The molecule has 1 saturated carbocycles. The summed E-state index contributed by atoms with van der Waals surface area (Å²) in [5.74, 6) is 1.25. The van der Waals surface area contributed by atoms with Crippen LogP contribution in [0.15, 0.2) is 18.2 Å². The normalized spacial score (nSPS) is 20.6. The van der Waals surface area contributed by atoms with Crippen LogP contribution in [0.2, 0.25) is 0 Å². The molecule has 126 valence electrons. The molecule has 1 aliphatic carbocycles. The Labute approximate surface area is 143 Å². The predicted molar refractivity (Wildman–Crippen MR) is 92.7 cm³/mol. The van der Waals surface area contributed by atoms with Gasteiger partial charge < -0.3 is 4.90 Å². The van der Waals surface area contributed by atoms with E-state index in [-0.39, 0.29) is 0 Å². The first-order chi connectivity index (χ1) is 11.6. The lowest BCUT2D eigenvalue weighted by molar-refractivity contribution is 0.365. The molecule has 1 aliphatic rings. The van der Waals surface area contributed by atoms with Crippen molar-refractivity contribution in [3.8, 4) is 6.07 Å². The first-order valence-electron chi connectivity index (χ1n) is 8.63. The van der Waals surface area contributed by atoms with Gasteiger partial charge >= 0.3 is 0 Å². The summed E-state index contributed by atoms with van der Waals surface area (Å²) in [6.07, 6.45) is 4.55. The third-order valence-corrected chi connectivity index (χ3v) is 4.98. The number of tetrazole rings is 1. The lowest BCUT2D eigenvalue weighted by Crippen LogP contribution is -2.38. The van der Waals surface area contributed by atoms with Crippen molar-refractivity contribution in [2.45, 2.75) is 51.5 Å². The molecule has 0 saturated heterocycles. The molecule has 1 heterocycles. The van der Waals surface area contributed by atoms with Crippen LogP contribution in [0, 0.1) is 18.3 Å². The van der Waals surface area contributed by atoms with E-state index in [1.54, 1.807) is 4.80 Å². The molecule has 0 amide bonds. The van der Waals surface area contributed by atoms with Crippen LogP contribution < -0.4 is 4.90 Å². The molecule has 1 aromatic heterocycles. The molecule has 0 aliphatic heterocycles. The minimum absolute atomic E-state index is 0.381. The maximum atomic E-state index is 9.13. The first kappa shape index (κ1) is 16.4. The van der Waals surface area contributed by atoms with Crippen molar-refractivity contribution in [1.29, 1.82) is 5.26 Å². The van der Waals surface area contributed by atoms with E-state index in [2.05, 4.69) is 45.4 Å². The van der Waals surface area contributed by atoms with Crippen molar-refractivity contribution in [3.63, 3.8) is 0 Å².